The number of nitrogens with zero attached hydrogens (tertiary/aromatic N) is 1. The Hall–Kier alpha value is -2.26. The Morgan fingerprint density at radius 3 is 2.62 bits per heavy atom. The number of para-hydroxylation sites is 2. The molecule has 0 unspecified atom stereocenters. The third-order valence-corrected chi connectivity index (χ3v) is 3.82. The predicted molar refractivity (Wildman–Crippen MR) is 85.8 cm³/mol. The fraction of sp³-hybridized carbons (Fsp3) is 0.118. The average molecular weight is 300 g/mol. The zero-order chi connectivity index (χ0) is 15.0. The van der Waals surface area contributed by atoms with Crippen LogP contribution < -0.4 is 10.3 Å². The quantitative estimate of drug-likeness (QED) is 0.717. The molecule has 1 heterocycles. The van der Waals surface area contributed by atoms with E-state index in [0.717, 1.165) is 11.1 Å². The molecule has 4 heteroatoms. The van der Waals surface area contributed by atoms with Crippen LogP contribution in [0.25, 0.3) is 16.5 Å². The first-order valence-electron chi connectivity index (χ1n) is 6.58. The van der Waals surface area contributed by atoms with Crippen LogP contribution in [0, 0.1) is 6.92 Å². The maximum atomic E-state index is 12.9. The molecule has 0 N–H and O–H groups in total. The van der Waals surface area contributed by atoms with Gasteiger partial charge in [-0.15, -0.1) is 0 Å². The van der Waals surface area contributed by atoms with E-state index in [1.54, 1.807) is 17.7 Å². The molecule has 0 aliphatic carbocycles. The number of halogens is 1. The topological polar surface area (TPSA) is 31.2 Å². The minimum absolute atomic E-state index is 0.139. The summed E-state index contributed by atoms with van der Waals surface area (Å²) in [5.74, 6) is 0.647. The van der Waals surface area contributed by atoms with Gasteiger partial charge in [-0.05, 0) is 36.6 Å². The molecule has 3 aromatic rings. The van der Waals surface area contributed by atoms with Gasteiger partial charge in [0, 0.05) is 5.69 Å². The smallest absolute Gasteiger partial charge is 0.264 e. The van der Waals surface area contributed by atoms with Gasteiger partial charge in [0.2, 0.25) is 0 Å². The number of pyridine rings is 1. The van der Waals surface area contributed by atoms with Gasteiger partial charge in [-0.2, -0.15) is 0 Å². The van der Waals surface area contributed by atoms with Crippen LogP contribution in [0.3, 0.4) is 0 Å². The number of methoxy groups -OCH3 is 1. The molecule has 0 fully saturated rings. The summed E-state index contributed by atoms with van der Waals surface area (Å²) < 4.78 is 6.99. The van der Waals surface area contributed by atoms with Gasteiger partial charge in [-0.3, -0.25) is 9.36 Å². The van der Waals surface area contributed by atoms with E-state index in [1.807, 2.05) is 49.4 Å². The molecule has 0 aliphatic rings. The standard InChI is InChI=1S/C17H14ClNO2/c1-11-10-12-6-5-7-13(18)16(12)17(20)19(11)14-8-3-4-9-15(14)21-2/h3-10H,1-2H3. The minimum Gasteiger partial charge on any atom is -0.495 e. The molecule has 21 heavy (non-hydrogen) atoms. The van der Waals surface area contributed by atoms with Crippen LogP contribution in [0.4, 0.5) is 0 Å². The number of fused-ring (bicyclic) bond motifs is 1. The molecule has 0 saturated carbocycles. The normalized spacial score (nSPS) is 10.8. The van der Waals surface area contributed by atoms with Crippen molar-refractivity contribution in [2.45, 2.75) is 6.92 Å². The zero-order valence-corrected chi connectivity index (χ0v) is 12.5. The van der Waals surface area contributed by atoms with E-state index in [-0.39, 0.29) is 5.56 Å². The molecule has 2 aromatic carbocycles. The van der Waals surface area contributed by atoms with Crippen molar-refractivity contribution in [2.24, 2.45) is 0 Å². The summed E-state index contributed by atoms with van der Waals surface area (Å²) in [7, 11) is 1.59. The van der Waals surface area contributed by atoms with Crippen LogP contribution in [0.15, 0.2) is 53.3 Å². The minimum atomic E-state index is -0.139. The van der Waals surface area contributed by atoms with Crippen LogP contribution >= 0.6 is 11.6 Å². The second-order valence-corrected chi connectivity index (χ2v) is 5.21. The van der Waals surface area contributed by atoms with E-state index in [1.165, 1.54) is 0 Å². The SMILES string of the molecule is COc1ccccc1-n1c(C)cc2cccc(Cl)c2c1=O. The molecule has 3 nitrogen and oxygen atoms in total. The molecule has 3 rings (SSSR count). The number of hydrogen-bond donors (Lipinski definition) is 0. The van der Waals surface area contributed by atoms with E-state index in [9.17, 15) is 4.79 Å². The fourth-order valence-corrected chi connectivity index (χ4v) is 2.82. The number of hydrogen-bond acceptors (Lipinski definition) is 2. The summed E-state index contributed by atoms with van der Waals surface area (Å²) in [5, 5.41) is 1.83. The van der Waals surface area contributed by atoms with Gasteiger partial charge in [-0.25, -0.2) is 0 Å². The molecule has 0 bridgehead atoms. The van der Waals surface area contributed by atoms with Crippen molar-refractivity contribution >= 4 is 22.4 Å². The summed E-state index contributed by atoms with van der Waals surface area (Å²) in [6, 6.07) is 14.9. The fourth-order valence-electron chi connectivity index (χ4n) is 2.56. The van der Waals surface area contributed by atoms with Crippen molar-refractivity contribution in [3.63, 3.8) is 0 Å². The van der Waals surface area contributed by atoms with Gasteiger partial charge in [0.15, 0.2) is 0 Å². The van der Waals surface area contributed by atoms with Crippen LogP contribution in [-0.4, -0.2) is 11.7 Å². The third kappa shape index (κ3) is 2.20. The molecule has 0 spiro atoms. The van der Waals surface area contributed by atoms with Gasteiger partial charge in [-0.1, -0.05) is 35.9 Å². The lowest BCUT2D eigenvalue weighted by Crippen LogP contribution is -2.21. The number of benzene rings is 2. The first-order valence-corrected chi connectivity index (χ1v) is 6.95. The first-order chi connectivity index (χ1) is 10.1. The Bertz CT molecular complexity index is 884. The summed E-state index contributed by atoms with van der Waals surface area (Å²) >= 11 is 6.20. The van der Waals surface area contributed by atoms with E-state index >= 15 is 0 Å². The monoisotopic (exact) mass is 299 g/mol. The van der Waals surface area contributed by atoms with Crippen molar-refractivity contribution in [2.75, 3.05) is 7.11 Å². The molecule has 1 aromatic heterocycles. The van der Waals surface area contributed by atoms with Gasteiger partial charge in [0.1, 0.15) is 5.75 Å². The molecular weight excluding hydrogens is 286 g/mol. The maximum Gasteiger partial charge on any atom is 0.264 e. The van der Waals surface area contributed by atoms with Crippen molar-refractivity contribution in [1.29, 1.82) is 0 Å². The van der Waals surface area contributed by atoms with E-state index in [0.29, 0.717) is 21.8 Å². The summed E-state index contributed by atoms with van der Waals surface area (Å²) in [4.78, 5) is 12.9. The summed E-state index contributed by atoms with van der Waals surface area (Å²) in [6.07, 6.45) is 0. The van der Waals surface area contributed by atoms with Gasteiger partial charge in [0.05, 0.1) is 23.2 Å². The highest BCUT2D eigenvalue weighted by Gasteiger charge is 2.13. The van der Waals surface area contributed by atoms with Crippen molar-refractivity contribution in [1.82, 2.24) is 4.57 Å². The van der Waals surface area contributed by atoms with E-state index in [4.69, 9.17) is 16.3 Å². The first kappa shape index (κ1) is 13.7. The lowest BCUT2D eigenvalue weighted by molar-refractivity contribution is 0.412. The Balaban J connectivity index is 2.44. The Kier molecular flexibility index (Phi) is 3.43. The van der Waals surface area contributed by atoms with Crippen molar-refractivity contribution in [3.8, 4) is 11.4 Å². The number of ether oxygens (including phenoxy) is 1. The van der Waals surface area contributed by atoms with Gasteiger partial charge in [0.25, 0.3) is 5.56 Å². The highest BCUT2D eigenvalue weighted by Crippen LogP contribution is 2.26. The molecule has 0 amide bonds. The zero-order valence-electron chi connectivity index (χ0n) is 11.8. The lowest BCUT2D eigenvalue weighted by atomic mass is 10.1. The molecule has 106 valence electrons. The number of aromatic nitrogens is 1. The summed E-state index contributed by atoms with van der Waals surface area (Å²) in [6.45, 7) is 1.90. The largest absolute Gasteiger partial charge is 0.495 e. The number of aryl methyl sites for hydroxylation is 1. The second kappa shape index (κ2) is 5.26. The van der Waals surface area contributed by atoms with Crippen LogP contribution in [0.2, 0.25) is 5.02 Å². The predicted octanol–water partition coefficient (Wildman–Crippen LogP) is 3.96. The van der Waals surface area contributed by atoms with Crippen LogP contribution in [-0.2, 0) is 0 Å². The molecule has 0 atom stereocenters. The highest BCUT2D eigenvalue weighted by atomic mass is 35.5. The molecule has 0 radical (unpaired) electrons. The Morgan fingerprint density at radius 1 is 1.10 bits per heavy atom. The van der Waals surface area contributed by atoms with Gasteiger partial charge >= 0.3 is 0 Å². The molecular formula is C17H14ClNO2. The third-order valence-electron chi connectivity index (χ3n) is 3.51. The van der Waals surface area contributed by atoms with Crippen molar-refractivity contribution < 1.29 is 4.74 Å². The summed E-state index contributed by atoms with van der Waals surface area (Å²) in [5.41, 5.74) is 1.41. The van der Waals surface area contributed by atoms with Crippen molar-refractivity contribution in [3.05, 3.63) is 69.6 Å². The van der Waals surface area contributed by atoms with E-state index in [2.05, 4.69) is 0 Å². The number of rotatable bonds is 2. The van der Waals surface area contributed by atoms with Crippen LogP contribution in [0.1, 0.15) is 5.69 Å². The van der Waals surface area contributed by atoms with E-state index < -0.39 is 0 Å². The van der Waals surface area contributed by atoms with Gasteiger partial charge < -0.3 is 4.74 Å². The Labute approximate surface area is 127 Å². The van der Waals surface area contributed by atoms with Crippen LogP contribution in [0.5, 0.6) is 5.75 Å². The highest BCUT2D eigenvalue weighted by molar-refractivity contribution is 6.35. The second-order valence-electron chi connectivity index (χ2n) is 4.80. The maximum absolute atomic E-state index is 12.9. The molecule has 0 aliphatic heterocycles. The average Bonchev–Trinajstić information content (AvgIpc) is 2.47. The molecule has 0 saturated heterocycles. The lowest BCUT2D eigenvalue weighted by Gasteiger charge is -2.15. The Morgan fingerprint density at radius 2 is 1.86 bits per heavy atom.